The Morgan fingerprint density at radius 2 is 2.08 bits per heavy atom. The highest BCUT2D eigenvalue weighted by Crippen LogP contribution is 2.26. The summed E-state index contributed by atoms with van der Waals surface area (Å²) in [7, 11) is -3.16. The van der Waals surface area contributed by atoms with E-state index in [9.17, 15) is 13.2 Å². The molecule has 0 radical (unpaired) electrons. The molecule has 2 N–H and O–H groups in total. The molecule has 6 nitrogen and oxygen atoms in total. The molecule has 0 aliphatic carbocycles. The molecule has 0 saturated carbocycles. The Bertz CT molecular complexity index is 697. The molecule has 1 aromatic carbocycles. The van der Waals surface area contributed by atoms with Crippen LogP contribution in [-0.2, 0) is 14.8 Å². The fourth-order valence-electron chi connectivity index (χ4n) is 3.68. The number of amides is 1. The van der Waals surface area contributed by atoms with E-state index in [1.54, 1.807) is 24.3 Å². The predicted octanol–water partition coefficient (Wildman–Crippen LogP) is 2.19. The van der Waals surface area contributed by atoms with Crippen LogP contribution in [0.3, 0.4) is 0 Å². The summed E-state index contributed by atoms with van der Waals surface area (Å²) in [4.78, 5) is 12.3. The first kappa shape index (κ1) is 18.2. The molecule has 2 heterocycles. The second kappa shape index (κ2) is 7.74. The number of hydrogen-bond donors (Lipinski definition) is 2. The largest absolute Gasteiger partial charge is 0.326 e. The van der Waals surface area contributed by atoms with Crippen molar-refractivity contribution in [2.45, 2.75) is 32.6 Å². The third kappa shape index (κ3) is 4.52. The number of carbonyl (C=O) groups is 1. The van der Waals surface area contributed by atoms with Gasteiger partial charge in [0, 0.05) is 18.7 Å². The Labute approximate surface area is 150 Å². The van der Waals surface area contributed by atoms with Gasteiger partial charge in [-0.25, -0.2) is 8.42 Å². The summed E-state index contributed by atoms with van der Waals surface area (Å²) in [5, 5.41) is 6.32. The number of benzene rings is 1. The van der Waals surface area contributed by atoms with Crippen LogP contribution in [0.25, 0.3) is 0 Å². The number of nitrogens with zero attached hydrogens (tertiary/aromatic N) is 1. The lowest BCUT2D eigenvalue weighted by Gasteiger charge is -2.28. The van der Waals surface area contributed by atoms with Crippen LogP contribution < -0.4 is 14.9 Å². The van der Waals surface area contributed by atoms with Gasteiger partial charge in [-0.05, 0) is 68.5 Å². The fraction of sp³-hybridized carbons (Fsp3) is 0.611. The zero-order valence-corrected chi connectivity index (χ0v) is 15.5. The Balaban J connectivity index is 1.55. The Kier molecular flexibility index (Phi) is 5.64. The second-order valence-corrected chi connectivity index (χ2v) is 9.14. The number of hydrogen-bond acceptors (Lipinski definition) is 4. The maximum Gasteiger partial charge on any atom is 0.235 e. The molecule has 1 amide bonds. The minimum absolute atomic E-state index is 0.0135. The van der Waals surface area contributed by atoms with Gasteiger partial charge < -0.3 is 10.6 Å². The lowest BCUT2D eigenvalue weighted by molar-refractivity contribution is -0.117. The molecular formula is C18H27N3O3S. The van der Waals surface area contributed by atoms with Crippen LogP contribution >= 0.6 is 0 Å². The van der Waals surface area contributed by atoms with E-state index in [-0.39, 0.29) is 11.7 Å². The lowest BCUT2D eigenvalue weighted by Crippen LogP contribution is -2.34. The van der Waals surface area contributed by atoms with Crippen LogP contribution in [0.5, 0.6) is 0 Å². The first-order valence-corrected chi connectivity index (χ1v) is 10.7. The molecule has 138 valence electrons. The number of carbonyl (C=O) groups excluding carboxylic acids is 1. The van der Waals surface area contributed by atoms with Gasteiger partial charge in [-0.2, -0.15) is 0 Å². The highest BCUT2D eigenvalue weighted by Gasteiger charge is 2.28. The molecule has 2 aliphatic rings. The summed E-state index contributed by atoms with van der Waals surface area (Å²) in [6.45, 7) is 4.74. The molecule has 0 bridgehead atoms. The van der Waals surface area contributed by atoms with E-state index in [4.69, 9.17) is 0 Å². The number of anilines is 2. The van der Waals surface area contributed by atoms with E-state index in [1.807, 2.05) is 0 Å². The van der Waals surface area contributed by atoms with Gasteiger partial charge in [0.25, 0.3) is 0 Å². The maximum absolute atomic E-state index is 12.3. The van der Waals surface area contributed by atoms with E-state index in [1.165, 1.54) is 17.1 Å². The molecule has 7 heteroatoms. The van der Waals surface area contributed by atoms with E-state index in [0.29, 0.717) is 42.6 Å². The molecule has 2 saturated heterocycles. The minimum Gasteiger partial charge on any atom is -0.326 e. The van der Waals surface area contributed by atoms with Crippen molar-refractivity contribution in [1.82, 2.24) is 5.32 Å². The zero-order chi connectivity index (χ0) is 17.9. The Hall–Kier alpha value is -1.60. The van der Waals surface area contributed by atoms with Crippen LogP contribution in [0.4, 0.5) is 11.4 Å². The molecule has 0 spiro atoms. The van der Waals surface area contributed by atoms with Crippen LogP contribution in [-0.4, -0.2) is 39.7 Å². The summed E-state index contributed by atoms with van der Waals surface area (Å²) < 4.78 is 25.3. The maximum atomic E-state index is 12.3. The van der Waals surface area contributed by atoms with Gasteiger partial charge in [0.1, 0.15) is 0 Å². The molecule has 2 atom stereocenters. The van der Waals surface area contributed by atoms with Crippen molar-refractivity contribution in [3.05, 3.63) is 24.3 Å². The molecular weight excluding hydrogens is 338 g/mol. The van der Waals surface area contributed by atoms with E-state index in [2.05, 4.69) is 17.6 Å². The van der Waals surface area contributed by atoms with Gasteiger partial charge in [0.15, 0.2) is 0 Å². The molecule has 25 heavy (non-hydrogen) atoms. The van der Waals surface area contributed by atoms with E-state index >= 15 is 0 Å². The van der Waals surface area contributed by atoms with Crippen molar-refractivity contribution in [2.24, 2.45) is 11.8 Å². The standard InChI is InChI=1S/C18H27N3O3S/c1-14(15-4-2-9-19-13-15)12-18(22)20-16-5-7-17(8-6-16)21-10-3-11-25(21,23)24/h5-8,14-15,19H,2-4,9-13H2,1H3,(H,20,22). The third-order valence-electron chi connectivity index (χ3n) is 5.19. The number of sulfonamides is 1. The van der Waals surface area contributed by atoms with Gasteiger partial charge in [0.05, 0.1) is 11.4 Å². The average Bonchev–Trinajstić information content (AvgIpc) is 2.95. The normalized spacial score (nSPS) is 24.0. The first-order chi connectivity index (χ1) is 12.0. The van der Waals surface area contributed by atoms with Crippen molar-refractivity contribution < 1.29 is 13.2 Å². The van der Waals surface area contributed by atoms with Crippen molar-refractivity contribution in [3.63, 3.8) is 0 Å². The van der Waals surface area contributed by atoms with E-state index in [0.717, 1.165) is 13.1 Å². The van der Waals surface area contributed by atoms with Crippen molar-refractivity contribution in [3.8, 4) is 0 Å². The van der Waals surface area contributed by atoms with Crippen molar-refractivity contribution in [2.75, 3.05) is 35.0 Å². The summed E-state index contributed by atoms with van der Waals surface area (Å²) in [6, 6.07) is 7.06. The van der Waals surface area contributed by atoms with Crippen molar-refractivity contribution >= 4 is 27.3 Å². The number of nitrogens with one attached hydrogen (secondary N) is 2. The highest BCUT2D eigenvalue weighted by atomic mass is 32.2. The second-order valence-electron chi connectivity index (χ2n) is 7.12. The number of rotatable bonds is 5. The number of piperidine rings is 1. The molecule has 0 aromatic heterocycles. The monoisotopic (exact) mass is 365 g/mol. The lowest BCUT2D eigenvalue weighted by atomic mass is 9.85. The first-order valence-electron chi connectivity index (χ1n) is 9.07. The topological polar surface area (TPSA) is 78.5 Å². The zero-order valence-electron chi connectivity index (χ0n) is 14.7. The smallest absolute Gasteiger partial charge is 0.235 e. The minimum atomic E-state index is -3.16. The third-order valence-corrected chi connectivity index (χ3v) is 7.05. The molecule has 3 rings (SSSR count). The Morgan fingerprint density at radius 3 is 2.68 bits per heavy atom. The molecule has 1 aromatic rings. The van der Waals surface area contributed by atoms with Crippen LogP contribution in [0.1, 0.15) is 32.6 Å². The summed E-state index contributed by atoms with van der Waals surface area (Å²) >= 11 is 0. The fourth-order valence-corrected chi connectivity index (χ4v) is 5.24. The SMILES string of the molecule is CC(CC(=O)Nc1ccc(N2CCCS2(=O)=O)cc1)C1CCCNC1. The quantitative estimate of drug-likeness (QED) is 0.838. The molecule has 2 aliphatic heterocycles. The molecule has 2 fully saturated rings. The summed E-state index contributed by atoms with van der Waals surface area (Å²) in [5.74, 6) is 1.13. The van der Waals surface area contributed by atoms with Gasteiger partial charge in [-0.1, -0.05) is 6.92 Å². The highest BCUT2D eigenvalue weighted by molar-refractivity contribution is 7.93. The van der Waals surface area contributed by atoms with Gasteiger partial charge in [0.2, 0.25) is 15.9 Å². The van der Waals surface area contributed by atoms with Gasteiger partial charge in [-0.3, -0.25) is 9.10 Å². The van der Waals surface area contributed by atoms with Gasteiger partial charge in [-0.15, -0.1) is 0 Å². The average molecular weight is 365 g/mol. The van der Waals surface area contributed by atoms with Crippen LogP contribution in [0.2, 0.25) is 0 Å². The summed E-state index contributed by atoms with van der Waals surface area (Å²) in [6.07, 6.45) is 3.53. The molecule has 2 unspecified atom stereocenters. The van der Waals surface area contributed by atoms with Crippen molar-refractivity contribution in [1.29, 1.82) is 0 Å². The Morgan fingerprint density at radius 1 is 1.32 bits per heavy atom. The summed E-state index contributed by atoms with van der Waals surface area (Å²) in [5.41, 5.74) is 1.37. The van der Waals surface area contributed by atoms with Crippen LogP contribution in [0, 0.1) is 11.8 Å². The van der Waals surface area contributed by atoms with Crippen LogP contribution in [0.15, 0.2) is 24.3 Å². The van der Waals surface area contributed by atoms with E-state index < -0.39 is 10.0 Å². The van der Waals surface area contributed by atoms with Gasteiger partial charge >= 0.3 is 0 Å². The predicted molar refractivity (Wildman–Crippen MR) is 100 cm³/mol.